The SMILES string of the molecule is CC(C)c1cc(N(c2ccc(C#N)c3ccccc23)c2cccc3c2oc2ccccc23)c2ccc3c(C(C)C)cc(N(c4ccc(C#N)c5ccccc45)c4cccc5c4oc4ccccc45)c4ccc1c2c34. The van der Waals surface area contributed by atoms with Crippen molar-refractivity contribution in [3.63, 3.8) is 0 Å². The molecule has 74 heavy (non-hydrogen) atoms. The van der Waals surface area contributed by atoms with Crippen molar-refractivity contribution in [3.8, 4) is 12.1 Å². The van der Waals surface area contributed by atoms with Crippen LogP contribution in [0.25, 0.3) is 97.7 Å². The van der Waals surface area contributed by atoms with Crippen LogP contribution in [-0.2, 0) is 0 Å². The average Bonchev–Trinajstić information content (AvgIpc) is 4.03. The summed E-state index contributed by atoms with van der Waals surface area (Å²) in [5.41, 5.74) is 12.6. The van der Waals surface area contributed by atoms with Gasteiger partial charge in [-0.25, -0.2) is 0 Å². The Morgan fingerprint density at radius 3 is 1.09 bits per heavy atom. The lowest BCUT2D eigenvalue weighted by atomic mass is 9.84. The Bertz CT molecular complexity index is 4430. The van der Waals surface area contributed by atoms with E-state index in [2.05, 4.69) is 183 Å². The maximum absolute atomic E-state index is 10.4. The third kappa shape index (κ3) is 6.22. The zero-order valence-corrected chi connectivity index (χ0v) is 41.2. The number of anilines is 6. The van der Waals surface area contributed by atoms with E-state index in [1.165, 1.54) is 32.7 Å². The van der Waals surface area contributed by atoms with Crippen LogP contribution in [0.15, 0.2) is 203 Å². The van der Waals surface area contributed by atoms with Crippen molar-refractivity contribution >= 4 is 132 Å². The zero-order chi connectivity index (χ0) is 49.9. The monoisotopic (exact) mass is 950 g/mol. The molecule has 6 heteroatoms. The third-order valence-corrected chi connectivity index (χ3v) is 15.4. The van der Waals surface area contributed by atoms with E-state index in [-0.39, 0.29) is 11.8 Å². The molecule has 2 heterocycles. The smallest absolute Gasteiger partial charge is 0.159 e. The fourth-order valence-corrected chi connectivity index (χ4v) is 12.1. The second-order valence-electron chi connectivity index (χ2n) is 20.1. The second-order valence-corrected chi connectivity index (χ2v) is 20.1. The summed E-state index contributed by atoms with van der Waals surface area (Å²) in [4.78, 5) is 4.77. The molecule has 0 amide bonds. The van der Waals surface area contributed by atoms with Gasteiger partial charge in [-0.15, -0.1) is 0 Å². The Labute approximate surface area is 427 Å². The normalized spacial score (nSPS) is 12.0. The summed E-state index contributed by atoms with van der Waals surface area (Å²) < 4.78 is 13.8. The molecule has 0 spiro atoms. The maximum Gasteiger partial charge on any atom is 0.159 e. The molecule has 0 unspecified atom stereocenters. The maximum atomic E-state index is 10.4. The van der Waals surface area contributed by atoms with Crippen molar-refractivity contribution in [2.24, 2.45) is 0 Å². The molecular formula is C68H46N4O2. The van der Waals surface area contributed by atoms with Gasteiger partial charge in [0, 0.05) is 53.9 Å². The number of hydrogen-bond acceptors (Lipinski definition) is 6. The van der Waals surface area contributed by atoms with Crippen LogP contribution in [0.1, 0.15) is 61.8 Å². The largest absolute Gasteiger partial charge is 0.454 e. The summed E-state index contributed by atoms with van der Waals surface area (Å²) in [5.74, 6) is 0.298. The van der Waals surface area contributed by atoms with E-state index >= 15 is 0 Å². The molecule has 350 valence electrons. The summed E-state index contributed by atoms with van der Waals surface area (Å²) in [6.45, 7) is 9.14. The van der Waals surface area contributed by atoms with Gasteiger partial charge >= 0.3 is 0 Å². The van der Waals surface area contributed by atoms with Crippen LogP contribution < -0.4 is 9.80 Å². The Kier molecular flexibility index (Phi) is 9.61. The molecule has 0 aliphatic rings. The molecule has 0 bridgehead atoms. The van der Waals surface area contributed by atoms with E-state index in [9.17, 15) is 10.5 Å². The fraction of sp³-hybridized carbons (Fsp3) is 0.0882. The van der Waals surface area contributed by atoms with Gasteiger partial charge in [0.25, 0.3) is 0 Å². The molecule has 14 aromatic rings. The highest BCUT2D eigenvalue weighted by molar-refractivity contribution is 6.30. The second kappa shape index (κ2) is 16.5. The van der Waals surface area contributed by atoms with Crippen LogP contribution in [0, 0.1) is 22.7 Å². The van der Waals surface area contributed by atoms with Crippen LogP contribution in [0.5, 0.6) is 0 Å². The van der Waals surface area contributed by atoms with Crippen molar-refractivity contribution in [3.05, 3.63) is 216 Å². The molecule has 2 aromatic heterocycles. The Hall–Kier alpha value is -9.62. The Morgan fingerprint density at radius 1 is 0.324 bits per heavy atom. The first-order valence-corrected chi connectivity index (χ1v) is 25.3. The summed E-state index contributed by atoms with van der Waals surface area (Å²) in [5, 5.41) is 35.7. The van der Waals surface area contributed by atoms with Crippen molar-refractivity contribution in [2.75, 3.05) is 9.80 Å². The van der Waals surface area contributed by atoms with Crippen LogP contribution in [0.3, 0.4) is 0 Å². The molecule has 0 N–H and O–H groups in total. The molecule has 12 aromatic carbocycles. The molecule has 0 fully saturated rings. The molecule has 14 rings (SSSR count). The lowest BCUT2D eigenvalue weighted by Gasteiger charge is -2.32. The molecule has 0 aliphatic heterocycles. The summed E-state index contributed by atoms with van der Waals surface area (Å²) in [6.07, 6.45) is 0. The van der Waals surface area contributed by atoms with Crippen molar-refractivity contribution < 1.29 is 8.83 Å². The zero-order valence-electron chi connectivity index (χ0n) is 41.2. The molecule has 0 aliphatic carbocycles. The first-order valence-electron chi connectivity index (χ1n) is 25.3. The minimum atomic E-state index is 0.149. The highest BCUT2D eigenvalue weighted by Gasteiger charge is 2.30. The number of rotatable bonds is 8. The average molecular weight is 951 g/mol. The van der Waals surface area contributed by atoms with Crippen LogP contribution in [-0.4, -0.2) is 0 Å². The van der Waals surface area contributed by atoms with E-state index in [1.807, 2.05) is 60.7 Å². The topological polar surface area (TPSA) is 80.3 Å². The van der Waals surface area contributed by atoms with Crippen LogP contribution in [0.2, 0.25) is 0 Å². The predicted molar refractivity (Wildman–Crippen MR) is 307 cm³/mol. The van der Waals surface area contributed by atoms with Gasteiger partial charge in [0.1, 0.15) is 11.2 Å². The number of para-hydroxylation sites is 4. The van der Waals surface area contributed by atoms with Gasteiger partial charge in [0.05, 0.1) is 57.4 Å². The molecule has 0 radical (unpaired) electrons. The number of fused-ring (bicyclic) bond motifs is 8. The quantitative estimate of drug-likeness (QED) is 0.141. The van der Waals surface area contributed by atoms with E-state index < -0.39 is 0 Å². The van der Waals surface area contributed by atoms with Gasteiger partial charge < -0.3 is 18.6 Å². The molecule has 6 nitrogen and oxygen atoms in total. The number of nitriles is 2. The fourth-order valence-electron chi connectivity index (χ4n) is 12.1. The van der Waals surface area contributed by atoms with Crippen molar-refractivity contribution in [1.29, 1.82) is 10.5 Å². The molecule has 0 atom stereocenters. The van der Waals surface area contributed by atoms with Gasteiger partial charge in [0.2, 0.25) is 0 Å². The van der Waals surface area contributed by atoms with Crippen LogP contribution >= 0.6 is 0 Å². The number of furan rings is 2. The Balaban J connectivity index is 1.14. The lowest BCUT2D eigenvalue weighted by Crippen LogP contribution is -2.14. The number of hydrogen-bond donors (Lipinski definition) is 0. The molecule has 0 saturated heterocycles. The minimum Gasteiger partial charge on any atom is -0.454 e. The first kappa shape index (κ1) is 43.2. The summed E-state index contributed by atoms with van der Waals surface area (Å²) >= 11 is 0. The standard InChI is InChI=1S/C68H46N4O2/c1-39(2)55-35-61(71(57-33-27-41(37-69)43-15-5-7-17-45(43)57)59-23-13-21-51-47-19-9-11-25-63(47)73-67(51)59)53-32-30-50-56(40(3)4)36-62(54-31-29-49(55)65(53)66(50)54)72(58-34-28-42(38-70)44-16-6-8-18-46(44)58)60-24-14-22-52-48-20-10-12-26-64(48)74-68(52)60/h5-36,39-40H,1-4H3. The van der Waals surface area contributed by atoms with Crippen molar-refractivity contribution in [1.82, 2.24) is 0 Å². The molecule has 0 saturated carbocycles. The first-order chi connectivity index (χ1) is 36.3. The highest BCUT2D eigenvalue weighted by Crippen LogP contribution is 2.54. The predicted octanol–water partition coefficient (Wildman–Crippen LogP) is 19.6. The van der Waals surface area contributed by atoms with Gasteiger partial charge in [-0.1, -0.05) is 161 Å². The third-order valence-electron chi connectivity index (χ3n) is 15.4. The van der Waals surface area contributed by atoms with Gasteiger partial charge in [-0.2, -0.15) is 10.5 Å². The van der Waals surface area contributed by atoms with E-state index in [0.717, 1.165) is 110 Å². The molecular weight excluding hydrogens is 905 g/mol. The van der Waals surface area contributed by atoms with Gasteiger partial charge in [0.15, 0.2) is 11.2 Å². The Morgan fingerprint density at radius 2 is 0.689 bits per heavy atom. The van der Waals surface area contributed by atoms with E-state index in [4.69, 9.17) is 8.83 Å². The summed E-state index contributed by atoms with van der Waals surface area (Å²) in [7, 11) is 0. The van der Waals surface area contributed by atoms with E-state index in [0.29, 0.717) is 11.1 Å². The highest BCUT2D eigenvalue weighted by atomic mass is 16.3. The number of benzene rings is 12. The van der Waals surface area contributed by atoms with Gasteiger partial charge in [-0.3, -0.25) is 0 Å². The van der Waals surface area contributed by atoms with Crippen molar-refractivity contribution in [2.45, 2.75) is 39.5 Å². The van der Waals surface area contributed by atoms with Gasteiger partial charge in [-0.05, 0) is 105 Å². The summed E-state index contributed by atoms with van der Waals surface area (Å²) in [6, 6.07) is 73.0. The minimum absolute atomic E-state index is 0.149. The van der Waals surface area contributed by atoms with Crippen LogP contribution in [0.4, 0.5) is 34.1 Å². The number of nitrogens with zero attached hydrogens (tertiary/aromatic N) is 4. The lowest BCUT2D eigenvalue weighted by molar-refractivity contribution is 0.669. The van der Waals surface area contributed by atoms with E-state index in [1.54, 1.807) is 0 Å².